The zero-order valence-electron chi connectivity index (χ0n) is 11.9. The van der Waals surface area contributed by atoms with Crippen LogP contribution in [-0.4, -0.2) is 13.0 Å². The number of rotatable bonds is 4. The van der Waals surface area contributed by atoms with Crippen LogP contribution in [0.25, 0.3) is 6.08 Å². The Balaban J connectivity index is 2.01. The Kier molecular flexibility index (Phi) is 5.01. The average Bonchev–Trinajstić information content (AvgIpc) is 2.47. The van der Waals surface area contributed by atoms with Crippen LogP contribution in [0.5, 0.6) is 5.75 Å². The highest BCUT2D eigenvalue weighted by Gasteiger charge is 2.03. The molecule has 2 aromatic rings. The van der Waals surface area contributed by atoms with Gasteiger partial charge >= 0.3 is 0 Å². The Morgan fingerprint density at radius 1 is 1.19 bits per heavy atom. The summed E-state index contributed by atoms with van der Waals surface area (Å²) in [6.07, 6.45) is 3.25. The summed E-state index contributed by atoms with van der Waals surface area (Å²) in [5, 5.41) is 3.21. The quantitative estimate of drug-likeness (QED) is 0.855. The molecule has 2 rings (SSSR count). The molecule has 108 valence electrons. The van der Waals surface area contributed by atoms with E-state index >= 15 is 0 Å². The molecule has 0 fully saturated rings. The summed E-state index contributed by atoms with van der Waals surface area (Å²) < 4.78 is 5.06. The van der Waals surface area contributed by atoms with Gasteiger partial charge in [-0.1, -0.05) is 41.4 Å². The van der Waals surface area contributed by atoms with Crippen molar-refractivity contribution in [2.45, 2.75) is 6.92 Å². The second kappa shape index (κ2) is 6.95. The maximum atomic E-state index is 11.8. The minimum atomic E-state index is -0.211. The van der Waals surface area contributed by atoms with E-state index in [1.54, 1.807) is 31.4 Å². The molecule has 2 aromatic carbocycles. The summed E-state index contributed by atoms with van der Waals surface area (Å²) in [7, 11) is 1.55. The second-order valence-corrected chi connectivity index (χ2v) is 4.99. The Labute approximate surface area is 129 Å². The molecular formula is C17H16ClNO2. The monoisotopic (exact) mass is 301 g/mol. The van der Waals surface area contributed by atoms with Crippen molar-refractivity contribution >= 4 is 29.3 Å². The van der Waals surface area contributed by atoms with Crippen LogP contribution in [0.15, 0.2) is 48.5 Å². The van der Waals surface area contributed by atoms with E-state index in [-0.39, 0.29) is 5.91 Å². The molecule has 0 aliphatic rings. The second-order valence-electron chi connectivity index (χ2n) is 4.58. The first-order chi connectivity index (χ1) is 10.1. The Hall–Kier alpha value is -2.26. The molecular weight excluding hydrogens is 286 g/mol. The van der Waals surface area contributed by atoms with Crippen molar-refractivity contribution in [3.63, 3.8) is 0 Å². The van der Waals surface area contributed by atoms with Gasteiger partial charge in [-0.3, -0.25) is 4.79 Å². The number of amides is 1. The number of hydrogen-bond acceptors (Lipinski definition) is 2. The van der Waals surface area contributed by atoms with Gasteiger partial charge in [-0.05, 0) is 36.8 Å². The predicted molar refractivity (Wildman–Crippen MR) is 86.8 cm³/mol. The minimum absolute atomic E-state index is 0.211. The fourth-order valence-corrected chi connectivity index (χ4v) is 2.04. The molecule has 0 heterocycles. The van der Waals surface area contributed by atoms with Crippen molar-refractivity contribution in [3.8, 4) is 5.75 Å². The smallest absolute Gasteiger partial charge is 0.248 e. The molecule has 0 saturated carbocycles. The third kappa shape index (κ3) is 4.36. The Morgan fingerprint density at radius 2 is 1.90 bits per heavy atom. The molecule has 3 nitrogen and oxygen atoms in total. The molecule has 0 unspecified atom stereocenters. The van der Waals surface area contributed by atoms with Crippen LogP contribution < -0.4 is 10.1 Å². The van der Waals surface area contributed by atoms with Crippen LogP contribution in [0.2, 0.25) is 5.02 Å². The summed E-state index contributed by atoms with van der Waals surface area (Å²) in [4.78, 5) is 11.8. The van der Waals surface area contributed by atoms with Gasteiger partial charge in [0.1, 0.15) is 5.75 Å². The number of nitrogens with one attached hydrogen (secondary N) is 1. The first-order valence-electron chi connectivity index (χ1n) is 6.48. The highest BCUT2D eigenvalue weighted by atomic mass is 35.5. The number of halogens is 1. The number of aryl methyl sites for hydroxylation is 1. The molecule has 0 saturated heterocycles. The van der Waals surface area contributed by atoms with Crippen molar-refractivity contribution in [1.82, 2.24) is 0 Å². The van der Waals surface area contributed by atoms with E-state index in [0.29, 0.717) is 16.5 Å². The summed E-state index contributed by atoms with van der Waals surface area (Å²) in [5.41, 5.74) is 2.78. The third-order valence-corrected chi connectivity index (χ3v) is 3.22. The summed E-state index contributed by atoms with van der Waals surface area (Å²) in [5.74, 6) is 0.363. The van der Waals surface area contributed by atoms with Gasteiger partial charge in [0.05, 0.1) is 12.1 Å². The van der Waals surface area contributed by atoms with E-state index in [2.05, 4.69) is 5.32 Å². The highest BCUT2D eigenvalue weighted by molar-refractivity contribution is 6.32. The van der Waals surface area contributed by atoms with Gasteiger partial charge in [-0.2, -0.15) is 0 Å². The topological polar surface area (TPSA) is 38.3 Å². The standard InChI is InChI=1S/C17H16ClNO2/c1-12-3-5-13(6-4-12)7-10-17(20)19-14-8-9-16(21-2)15(18)11-14/h3-11H,1-2H3,(H,19,20). The van der Waals surface area contributed by atoms with E-state index in [0.717, 1.165) is 5.56 Å². The molecule has 0 aliphatic carbocycles. The van der Waals surface area contributed by atoms with Crippen molar-refractivity contribution in [2.75, 3.05) is 12.4 Å². The van der Waals surface area contributed by atoms with Crippen LogP contribution in [0.1, 0.15) is 11.1 Å². The number of methoxy groups -OCH3 is 1. The van der Waals surface area contributed by atoms with E-state index < -0.39 is 0 Å². The van der Waals surface area contributed by atoms with Gasteiger partial charge in [0.15, 0.2) is 0 Å². The fourth-order valence-electron chi connectivity index (χ4n) is 1.78. The maximum Gasteiger partial charge on any atom is 0.248 e. The SMILES string of the molecule is COc1ccc(NC(=O)C=Cc2ccc(C)cc2)cc1Cl. The summed E-state index contributed by atoms with van der Waals surface area (Å²) >= 11 is 6.01. The Morgan fingerprint density at radius 3 is 2.52 bits per heavy atom. The van der Waals surface area contributed by atoms with Crippen molar-refractivity contribution in [3.05, 3.63) is 64.7 Å². The zero-order chi connectivity index (χ0) is 15.2. The molecule has 0 bridgehead atoms. The van der Waals surface area contributed by atoms with Gasteiger partial charge in [0.2, 0.25) is 5.91 Å². The lowest BCUT2D eigenvalue weighted by atomic mass is 10.1. The van der Waals surface area contributed by atoms with Crippen LogP contribution in [0, 0.1) is 6.92 Å². The molecule has 1 N–H and O–H groups in total. The molecule has 0 spiro atoms. The lowest BCUT2D eigenvalue weighted by molar-refractivity contribution is -0.111. The van der Waals surface area contributed by atoms with Gasteiger partial charge in [-0.25, -0.2) is 0 Å². The van der Waals surface area contributed by atoms with Gasteiger partial charge in [0, 0.05) is 11.8 Å². The zero-order valence-corrected chi connectivity index (χ0v) is 12.6. The van der Waals surface area contributed by atoms with Gasteiger partial charge in [-0.15, -0.1) is 0 Å². The Bertz CT molecular complexity index is 663. The molecule has 4 heteroatoms. The number of ether oxygens (including phenoxy) is 1. The lowest BCUT2D eigenvalue weighted by Gasteiger charge is -2.06. The van der Waals surface area contributed by atoms with Crippen LogP contribution in [0.3, 0.4) is 0 Å². The number of hydrogen-bond donors (Lipinski definition) is 1. The maximum absolute atomic E-state index is 11.8. The molecule has 0 radical (unpaired) electrons. The number of benzene rings is 2. The third-order valence-electron chi connectivity index (χ3n) is 2.92. The van der Waals surface area contributed by atoms with Crippen molar-refractivity contribution in [1.29, 1.82) is 0 Å². The van der Waals surface area contributed by atoms with Crippen molar-refractivity contribution in [2.24, 2.45) is 0 Å². The lowest BCUT2D eigenvalue weighted by Crippen LogP contribution is -2.07. The van der Waals surface area contributed by atoms with E-state index in [4.69, 9.17) is 16.3 Å². The van der Waals surface area contributed by atoms with E-state index in [1.807, 2.05) is 31.2 Å². The van der Waals surface area contributed by atoms with E-state index in [9.17, 15) is 4.79 Å². The van der Waals surface area contributed by atoms with Crippen LogP contribution in [0.4, 0.5) is 5.69 Å². The summed E-state index contributed by atoms with van der Waals surface area (Å²) in [6.45, 7) is 2.02. The molecule has 0 atom stereocenters. The first kappa shape index (κ1) is 15.1. The molecule has 21 heavy (non-hydrogen) atoms. The highest BCUT2D eigenvalue weighted by Crippen LogP contribution is 2.27. The van der Waals surface area contributed by atoms with E-state index in [1.165, 1.54) is 11.6 Å². The molecule has 0 aromatic heterocycles. The predicted octanol–water partition coefficient (Wildman–Crippen LogP) is 4.31. The average molecular weight is 302 g/mol. The summed E-state index contributed by atoms with van der Waals surface area (Å²) in [6, 6.07) is 13.0. The van der Waals surface area contributed by atoms with Crippen LogP contribution in [-0.2, 0) is 4.79 Å². The number of anilines is 1. The molecule has 1 amide bonds. The minimum Gasteiger partial charge on any atom is -0.495 e. The first-order valence-corrected chi connectivity index (χ1v) is 6.85. The molecule has 0 aliphatic heterocycles. The number of carbonyl (C=O) groups excluding carboxylic acids is 1. The fraction of sp³-hybridized carbons (Fsp3) is 0.118. The normalized spacial score (nSPS) is 10.6. The van der Waals surface area contributed by atoms with Crippen molar-refractivity contribution < 1.29 is 9.53 Å². The van der Waals surface area contributed by atoms with Gasteiger partial charge in [0.25, 0.3) is 0 Å². The number of carbonyl (C=O) groups is 1. The van der Waals surface area contributed by atoms with Crippen LogP contribution >= 0.6 is 11.6 Å². The largest absolute Gasteiger partial charge is 0.495 e. The van der Waals surface area contributed by atoms with Gasteiger partial charge < -0.3 is 10.1 Å².